The van der Waals surface area contributed by atoms with Gasteiger partial charge in [-0.05, 0) is 66.9 Å². The van der Waals surface area contributed by atoms with E-state index >= 15 is 0 Å². The first-order chi connectivity index (χ1) is 15.6. The molecule has 0 radical (unpaired) electrons. The van der Waals surface area contributed by atoms with Crippen LogP contribution in [-0.2, 0) is 6.54 Å². The quantitative estimate of drug-likeness (QED) is 0.443. The lowest BCUT2D eigenvalue weighted by Crippen LogP contribution is -2.18. The van der Waals surface area contributed by atoms with Gasteiger partial charge >= 0.3 is 0 Å². The predicted molar refractivity (Wildman–Crippen MR) is 128 cm³/mol. The lowest BCUT2D eigenvalue weighted by molar-refractivity contribution is 0.0959. The Morgan fingerprint density at radius 3 is 2.31 bits per heavy atom. The first-order valence-corrected chi connectivity index (χ1v) is 11.0. The van der Waals surface area contributed by atoms with E-state index in [4.69, 9.17) is 0 Å². The normalized spacial score (nSPS) is 13.6. The van der Waals surface area contributed by atoms with E-state index in [1.165, 1.54) is 43.6 Å². The summed E-state index contributed by atoms with van der Waals surface area (Å²) in [5, 5.41) is 3.55. The number of benzene rings is 3. The number of aromatic amines is 1. The van der Waals surface area contributed by atoms with Crippen molar-refractivity contribution in [1.29, 1.82) is 0 Å². The van der Waals surface area contributed by atoms with Crippen molar-refractivity contribution in [2.75, 3.05) is 20.1 Å². The zero-order valence-electron chi connectivity index (χ0n) is 18.3. The number of nitrogens with one attached hydrogen (secondary N) is 2. The molecule has 2 N–H and O–H groups in total. The Hall–Kier alpha value is -3.44. The minimum Gasteiger partial charge on any atom is -0.354 e. The third-order valence-electron chi connectivity index (χ3n) is 5.72. The van der Waals surface area contributed by atoms with Gasteiger partial charge in [0.25, 0.3) is 5.91 Å². The van der Waals surface area contributed by atoms with E-state index in [1.807, 2.05) is 24.3 Å². The van der Waals surface area contributed by atoms with Crippen LogP contribution in [0.1, 0.15) is 28.9 Å². The van der Waals surface area contributed by atoms with Crippen LogP contribution in [0.5, 0.6) is 0 Å². The standard InChI is InChI=1S/C16H13FN2O.C11H15N/c1-18-16(20)15-9-12-3-2-11(8-14(12)19-15)10-4-6-13(17)7-5-10;1-2-6-11(7-3-1)10-12-8-4-5-9-12/h2-9,19H,1H3,(H,18,20);1-3,6-7H,4-5,8-10H2. The van der Waals surface area contributed by atoms with Crippen molar-refractivity contribution >= 4 is 16.8 Å². The van der Waals surface area contributed by atoms with E-state index in [2.05, 4.69) is 45.5 Å². The molecule has 0 aliphatic carbocycles. The third kappa shape index (κ3) is 5.42. The number of rotatable bonds is 4. The first-order valence-electron chi connectivity index (χ1n) is 11.0. The van der Waals surface area contributed by atoms with Gasteiger partial charge in [-0.1, -0.05) is 54.6 Å². The summed E-state index contributed by atoms with van der Waals surface area (Å²) >= 11 is 0. The zero-order chi connectivity index (χ0) is 22.3. The summed E-state index contributed by atoms with van der Waals surface area (Å²) in [7, 11) is 1.60. The molecule has 0 unspecified atom stereocenters. The maximum absolute atomic E-state index is 12.9. The number of amides is 1. The van der Waals surface area contributed by atoms with E-state index in [-0.39, 0.29) is 11.7 Å². The van der Waals surface area contributed by atoms with Gasteiger partial charge in [-0.3, -0.25) is 9.69 Å². The second kappa shape index (κ2) is 10.2. The van der Waals surface area contributed by atoms with Crippen LogP contribution in [-0.4, -0.2) is 35.9 Å². The van der Waals surface area contributed by atoms with Gasteiger partial charge in [0, 0.05) is 24.5 Å². The van der Waals surface area contributed by atoms with Gasteiger partial charge in [-0.2, -0.15) is 0 Å². The van der Waals surface area contributed by atoms with Crippen molar-refractivity contribution in [3.05, 3.63) is 95.9 Å². The van der Waals surface area contributed by atoms with Gasteiger partial charge in [-0.25, -0.2) is 4.39 Å². The Bertz CT molecular complexity index is 1160. The first kappa shape index (κ1) is 21.8. The molecule has 0 atom stereocenters. The molecule has 0 spiro atoms. The van der Waals surface area contributed by atoms with Crippen LogP contribution in [0.15, 0.2) is 78.9 Å². The molecule has 4 aromatic rings. The Morgan fingerprint density at radius 2 is 1.62 bits per heavy atom. The fourth-order valence-electron chi connectivity index (χ4n) is 3.99. The number of fused-ring (bicyclic) bond motifs is 1. The molecule has 2 heterocycles. The molecule has 1 aliphatic rings. The molecular weight excluding hydrogens is 401 g/mol. The van der Waals surface area contributed by atoms with E-state index in [1.54, 1.807) is 19.2 Å². The van der Waals surface area contributed by atoms with Crippen LogP contribution in [0.2, 0.25) is 0 Å². The summed E-state index contributed by atoms with van der Waals surface area (Å²) in [6.07, 6.45) is 2.76. The van der Waals surface area contributed by atoms with Crippen LogP contribution in [0.25, 0.3) is 22.0 Å². The average Bonchev–Trinajstić information content (AvgIpc) is 3.49. The summed E-state index contributed by atoms with van der Waals surface area (Å²) in [4.78, 5) is 17.2. The number of carbonyl (C=O) groups excluding carboxylic acids is 1. The highest BCUT2D eigenvalue weighted by molar-refractivity contribution is 5.98. The molecule has 3 aromatic carbocycles. The minimum atomic E-state index is -0.253. The SMILES string of the molecule is CNC(=O)c1cc2ccc(-c3ccc(F)cc3)cc2[nH]1.c1ccc(CN2CCCC2)cc1. The fraction of sp³-hybridized carbons (Fsp3) is 0.222. The Balaban J connectivity index is 0.000000174. The number of aromatic nitrogens is 1. The van der Waals surface area contributed by atoms with Gasteiger partial charge < -0.3 is 10.3 Å². The second-order valence-corrected chi connectivity index (χ2v) is 8.04. The molecule has 164 valence electrons. The summed E-state index contributed by atoms with van der Waals surface area (Å²) < 4.78 is 12.9. The zero-order valence-corrected chi connectivity index (χ0v) is 18.3. The van der Waals surface area contributed by atoms with Crippen molar-refractivity contribution in [3.63, 3.8) is 0 Å². The van der Waals surface area contributed by atoms with Crippen molar-refractivity contribution < 1.29 is 9.18 Å². The van der Waals surface area contributed by atoms with Gasteiger partial charge in [0.1, 0.15) is 11.5 Å². The molecule has 1 aliphatic heterocycles. The highest BCUT2D eigenvalue weighted by Crippen LogP contribution is 2.25. The number of H-pyrrole nitrogens is 1. The number of nitrogens with zero attached hydrogens (tertiary/aromatic N) is 1. The maximum Gasteiger partial charge on any atom is 0.267 e. The molecule has 1 amide bonds. The highest BCUT2D eigenvalue weighted by Gasteiger charge is 2.11. The van der Waals surface area contributed by atoms with E-state index in [0.717, 1.165) is 28.6 Å². The van der Waals surface area contributed by atoms with Crippen molar-refractivity contribution in [3.8, 4) is 11.1 Å². The van der Waals surface area contributed by atoms with Crippen LogP contribution in [0, 0.1) is 5.82 Å². The minimum absolute atomic E-state index is 0.149. The van der Waals surface area contributed by atoms with Gasteiger partial charge in [0.15, 0.2) is 0 Å². The Labute approximate surface area is 188 Å². The molecule has 32 heavy (non-hydrogen) atoms. The van der Waals surface area contributed by atoms with Crippen molar-refractivity contribution in [1.82, 2.24) is 15.2 Å². The number of hydrogen-bond donors (Lipinski definition) is 2. The van der Waals surface area contributed by atoms with E-state index in [9.17, 15) is 9.18 Å². The predicted octanol–water partition coefficient (Wildman–Crippen LogP) is 5.62. The largest absolute Gasteiger partial charge is 0.354 e. The van der Waals surface area contributed by atoms with Crippen molar-refractivity contribution in [2.24, 2.45) is 0 Å². The molecule has 0 saturated carbocycles. The molecule has 1 aromatic heterocycles. The second-order valence-electron chi connectivity index (χ2n) is 8.04. The van der Waals surface area contributed by atoms with Gasteiger partial charge in [0.05, 0.1) is 0 Å². The number of halogens is 1. The summed E-state index contributed by atoms with van der Waals surface area (Å²) in [5.41, 5.74) is 4.76. The van der Waals surface area contributed by atoms with Crippen LogP contribution in [0.4, 0.5) is 4.39 Å². The topological polar surface area (TPSA) is 48.1 Å². The molecular formula is C27H28FN3O. The number of hydrogen-bond acceptors (Lipinski definition) is 2. The Kier molecular flexibility index (Phi) is 6.97. The fourth-order valence-corrected chi connectivity index (χ4v) is 3.99. The monoisotopic (exact) mass is 429 g/mol. The molecule has 4 nitrogen and oxygen atoms in total. The lowest BCUT2D eigenvalue weighted by Gasteiger charge is -2.13. The lowest BCUT2D eigenvalue weighted by atomic mass is 10.0. The Morgan fingerprint density at radius 1 is 0.938 bits per heavy atom. The average molecular weight is 430 g/mol. The smallest absolute Gasteiger partial charge is 0.267 e. The third-order valence-corrected chi connectivity index (χ3v) is 5.72. The summed E-state index contributed by atoms with van der Waals surface area (Å²) in [5.74, 6) is -0.402. The maximum atomic E-state index is 12.9. The number of likely N-dealkylation sites (tertiary alicyclic amines) is 1. The molecule has 1 fully saturated rings. The van der Waals surface area contributed by atoms with Crippen LogP contribution < -0.4 is 5.32 Å². The highest BCUT2D eigenvalue weighted by atomic mass is 19.1. The molecule has 0 bridgehead atoms. The van der Waals surface area contributed by atoms with Gasteiger partial charge in [0.2, 0.25) is 0 Å². The summed E-state index contributed by atoms with van der Waals surface area (Å²) in [6, 6.07) is 24.7. The molecule has 5 rings (SSSR count). The van der Waals surface area contributed by atoms with Crippen molar-refractivity contribution in [2.45, 2.75) is 19.4 Å². The van der Waals surface area contributed by atoms with Crippen LogP contribution in [0.3, 0.4) is 0 Å². The van der Waals surface area contributed by atoms with E-state index in [0.29, 0.717) is 5.69 Å². The molecule has 1 saturated heterocycles. The van der Waals surface area contributed by atoms with Crippen LogP contribution >= 0.6 is 0 Å². The number of carbonyl (C=O) groups is 1. The van der Waals surface area contributed by atoms with E-state index < -0.39 is 0 Å². The summed E-state index contributed by atoms with van der Waals surface area (Å²) in [6.45, 7) is 3.71. The molecule has 5 heteroatoms. The van der Waals surface area contributed by atoms with Gasteiger partial charge in [-0.15, -0.1) is 0 Å².